The second-order valence-corrected chi connectivity index (χ2v) is 8.46. The third-order valence-electron chi connectivity index (χ3n) is 5.12. The molecule has 0 spiro atoms. The van der Waals surface area contributed by atoms with Crippen molar-refractivity contribution in [2.24, 2.45) is 16.3 Å². The average Bonchev–Trinajstić information content (AvgIpc) is 2.76. The van der Waals surface area contributed by atoms with Crippen LogP contribution in [0.4, 0.5) is 4.79 Å². The Hall–Kier alpha value is -1.88. The third-order valence-corrected chi connectivity index (χ3v) is 5.12. The molecule has 1 N–H and O–H groups in total. The molecule has 0 aromatic heterocycles. The highest BCUT2D eigenvalue weighted by Crippen LogP contribution is 2.35. The quantitative estimate of drug-likeness (QED) is 0.853. The van der Waals surface area contributed by atoms with E-state index >= 15 is 0 Å². The maximum atomic E-state index is 12.6. The lowest BCUT2D eigenvalue weighted by atomic mass is 9.80. The van der Waals surface area contributed by atoms with Crippen molar-refractivity contribution in [3.63, 3.8) is 0 Å². The van der Waals surface area contributed by atoms with E-state index in [9.17, 15) is 4.79 Å². The van der Waals surface area contributed by atoms with Gasteiger partial charge >= 0.3 is 6.03 Å². The van der Waals surface area contributed by atoms with Crippen LogP contribution in [0.5, 0.6) is 0 Å². The third kappa shape index (κ3) is 3.43. The number of nitrogens with one attached hydrogen (secondary N) is 1. The maximum absolute atomic E-state index is 12.6. The predicted octanol–water partition coefficient (Wildman–Crippen LogP) is 3.52. The number of likely N-dealkylation sites (N-methyl/N-ethyl adjacent to an activating group) is 1. The Bertz CT molecular complexity index is 672. The van der Waals surface area contributed by atoms with Crippen LogP contribution in [0.2, 0.25) is 0 Å². The lowest BCUT2D eigenvalue weighted by Gasteiger charge is -2.36. The van der Waals surface area contributed by atoms with Crippen LogP contribution in [-0.2, 0) is 0 Å². The van der Waals surface area contributed by atoms with Crippen LogP contribution in [-0.4, -0.2) is 47.8 Å². The molecular formula is C20H30N4O. The molecule has 2 saturated heterocycles. The molecule has 2 atom stereocenters. The van der Waals surface area contributed by atoms with Crippen molar-refractivity contribution in [1.82, 2.24) is 15.1 Å². The second-order valence-electron chi connectivity index (χ2n) is 8.46. The smallest absolute Gasteiger partial charge is 0.310 e. The molecule has 5 heteroatoms. The van der Waals surface area contributed by atoms with Crippen molar-refractivity contribution < 1.29 is 4.79 Å². The van der Waals surface area contributed by atoms with E-state index in [1.54, 1.807) is 16.8 Å². The topological polar surface area (TPSA) is 47.9 Å². The Balaban J connectivity index is 1.89. The van der Waals surface area contributed by atoms with Crippen molar-refractivity contribution in [1.29, 1.82) is 0 Å². The highest BCUT2D eigenvalue weighted by atomic mass is 16.2. The van der Waals surface area contributed by atoms with E-state index in [-0.39, 0.29) is 11.4 Å². The van der Waals surface area contributed by atoms with Gasteiger partial charge in [0.2, 0.25) is 0 Å². The molecule has 3 heterocycles. The largest absolute Gasteiger partial charge is 0.330 e. The molecule has 4 rings (SSSR count). The van der Waals surface area contributed by atoms with Crippen LogP contribution in [0.25, 0.3) is 0 Å². The number of amidine groups is 1. The van der Waals surface area contributed by atoms with E-state index in [4.69, 9.17) is 4.99 Å². The Morgan fingerprint density at radius 1 is 1.44 bits per heavy atom. The van der Waals surface area contributed by atoms with Gasteiger partial charge in [-0.1, -0.05) is 39.5 Å². The van der Waals surface area contributed by atoms with Crippen LogP contribution in [0.3, 0.4) is 0 Å². The number of nitrogens with zero attached hydrogens (tertiary/aromatic N) is 3. The molecule has 3 aliphatic heterocycles. The summed E-state index contributed by atoms with van der Waals surface area (Å²) in [7, 11) is 1.78. The molecule has 4 aliphatic rings. The number of carbonyl (C=O) groups excluding carboxylic acids is 1. The predicted molar refractivity (Wildman–Crippen MR) is 102 cm³/mol. The maximum Gasteiger partial charge on any atom is 0.330 e. The van der Waals surface area contributed by atoms with Gasteiger partial charge in [0.15, 0.2) is 5.84 Å². The number of allylic oxidation sites excluding steroid dienone is 2. The molecule has 0 aromatic carbocycles. The molecule has 1 aliphatic carbocycles. The minimum absolute atomic E-state index is 0.00896. The van der Waals surface area contributed by atoms with Crippen molar-refractivity contribution in [3.05, 3.63) is 35.7 Å². The fourth-order valence-electron chi connectivity index (χ4n) is 3.82. The summed E-state index contributed by atoms with van der Waals surface area (Å²) in [5.74, 6) is 1.18. The fraction of sp³-hybridized carbons (Fsp3) is 0.600. The molecule has 0 aromatic rings. The number of amides is 2. The van der Waals surface area contributed by atoms with E-state index in [0.717, 1.165) is 12.2 Å². The molecule has 2 fully saturated rings. The number of hydrogen-bond acceptors (Lipinski definition) is 3. The normalized spacial score (nSPS) is 29.1. The van der Waals surface area contributed by atoms with Gasteiger partial charge in [0.1, 0.15) is 0 Å². The Kier molecular flexibility index (Phi) is 4.62. The van der Waals surface area contributed by atoms with E-state index in [1.807, 2.05) is 6.92 Å². The van der Waals surface area contributed by atoms with E-state index in [1.165, 1.54) is 18.4 Å². The van der Waals surface area contributed by atoms with Crippen molar-refractivity contribution in [3.8, 4) is 0 Å². The number of rotatable bonds is 3. The van der Waals surface area contributed by atoms with E-state index in [0.29, 0.717) is 30.0 Å². The standard InChI is InChI=1S/C20H30N4O/c1-7-17(16-10-15-9-8-14(16)11-21-15)22-18-13(2)24(12-20(3,4)5)19(25)23(18)6/h7,10,14-15,21H,2,8-9,11-12H2,1,3-6H3. The molecule has 2 bridgehead atoms. The molecule has 136 valence electrons. The first-order valence-electron chi connectivity index (χ1n) is 9.16. The van der Waals surface area contributed by atoms with Gasteiger partial charge in [0.05, 0.1) is 11.4 Å². The van der Waals surface area contributed by atoms with Gasteiger partial charge in [-0.15, -0.1) is 0 Å². The summed E-state index contributed by atoms with van der Waals surface area (Å²) < 4.78 is 0. The SMILES string of the molecule is C=C1C(=NC(=CC)C2=CC3CCC2CN3)N(C)C(=O)N1CC(C)(C)C. The van der Waals surface area contributed by atoms with Gasteiger partial charge in [-0.25, -0.2) is 9.79 Å². The summed E-state index contributed by atoms with van der Waals surface area (Å²) in [6.45, 7) is 14.2. The molecule has 0 saturated carbocycles. The first kappa shape index (κ1) is 17.9. The van der Waals surface area contributed by atoms with Crippen LogP contribution in [0, 0.1) is 11.3 Å². The lowest BCUT2D eigenvalue weighted by Crippen LogP contribution is -2.43. The second kappa shape index (κ2) is 6.45. The number of fused-ring (bicyclic) bond motifs is 2. The minimum atomic E-state index is -0.0464. The van der Waals surface area contributed by atoms with Crippen LogP contribution in [0.15, 0.2) is 40.7 Å². The van der Waals surface area contributed by atoms with Gasteiger partial charge in [-0.3, -0.25) is 9.80 Å². The van der Waals surface area contributed by atoms with Crippen molar-refractivity contribution >= 4 is 11.9 Å². The highest BCUT2D eigenvalue weighted by Gasteiger charge is 2.38. The average molecular weight is 342 g/mol. The number of hydrogen-bond donors (Lipinski definition) is 1. The zero-order chi connectivity index (χ0) is 18.4. The van der Waals surface area contributed by atoms with Crippen molar-refractivity contribution in [2.45, 2.75) is 46.6 Å². The summed E-state index contributed by atoms with van der Waals surface area (Å²) in [5.41, 5.74) is 2.99. The number of aliphatic imine (C=N–C) groups is 1. The minimum Gasteiger partial charge on any atom is -0.310 e. The number of piperidine rings is 1. The van der Waals surface area contributed by atoms with Crippen LogP contribution >= 0.6 is 0 Å². The molecule has 0 radical (unpaired) electrons. The van der Waals surface area contributed by atoms with E-state index < -0.39 is 0 Å². The molecule has 2 unspecified atom stereocenters. The van der Waals surface area contributed by atoms with E-state index in [2.05, 4.69) is 44.8 Å². The zero-order valence-electron chi connectivity index (χ0n) is 16.1. The summed E-state index contributed by atoms with van der Waals surface area (Å²) in [4.78, 5) is 20.9. The Morgan fingerprint density at radius 2 is 2.16 bits per heavy atom. The van der Waals surface area contributed by atoms with Gasteiger partial charge in [0, 0.05) is 26.2 Å². The van der Waals surface area contributed by atoms with Gasteiger partial charge in [-0.05, 0) is 36.7 Å². The Morgan fingerprint density at radius 3 is 2.64 bits per heavy atom. The van der Waals surface area contributed by atoms with Crippen LogP contribution < -0.4 is 5.32 Å². The van der Waals surface area contributed by atoms with Crippen molar-refractivity contribution in [2.75, 3.05) is 20.1 Å². The number of urea groups is 1. The van der Waals surface area contributed by atoms with Gasteiger partial charge in [-0.2, -0.15) is 0 Å². The number of carbonyl (C=O) groups is 1. The summed E-state index contributed by atoms with van der Waals surface area (Å²) in [5, 5.41) is 3.54. The molecule has 25 heavy (non-hydrogen) atoms. The highest BCUT2D eigenvalue weighted by molar-refractivity contribution is 6.14. The van der Waals surface area contributed by atoms with Crippen LogP contribution in [0.1, 0.15) is 40.5 Å². The summed E-state index contributed by atoms with van der Waals surface area (Å²) in [6.07, 6.45) is 6.77. The molecular weight excluding hydrogens is 312 g/mol. The first-order chi connectivity index (χ1) is 11.7. The Labute approximate surface area is 151 Å². The summed E-state index contributed by atoms with van der Waals surface area (Å²) in [6, 6.07) is 0.411. The molecule has 2 amide bonds. The summed E-state index contributed by atoms with van der Waals surface area (Å²) >= 11 is 0. The molecule has 5 nitrogen and oxygen atoms in total. The lowest BCUT2D eigenvalue weighted by molar-refractivity contribution is 0.190. The van der Waals surface area contributed by atoms with Gasteiger partial charge in [0.25, 0.3) is 0 Å². The fourth-order valence-corrected chi connectivity index (χ4v) is 3.82. The zero-order valence-corrected chi connectivity index (χ0v) is 16.1. The van der Waals surface area contributed by atoms with Gasteiger partial charge < -0.3 is 5.32 Å². The monoisotopic (exact) mass is 342 g/mol. The first-order valence-corrected chi connectivity index (χ1v) is 9.16.